The van der Waals surface area contributed by atoms with Crippen LogP contribution in [0.2, 0.25) is 0 Å². The zero-order valence-corrected chi connectivity index (χ0v) is 7.89. The average molecular weight is 167 g/mol. The third-order valence-corrected chi connectivity index (χ3v) is 1.94. The number of ketones is 1. The molecule has 1 heterocycles. The van der Waals surface area contributed by atoms with E-state index >= 15 is 0 Å². The zero-order valence-electron chi connectivity index (χ0n) is 7.89. The minimum atomic E-state index is 0.268. The van der Waals surface area contributed by atoms with Crippen molar-refractivity contribution in [2.24, 2.45) is 5.92 Å². The highest BCUT2D eigenvalue weighted by atomic mass is 16.1. The van der Waals surface area contributed by atoms with Crippen molar-refractivity contribution >= 4 is 5.78 Å². The average Bonchev–Trinajstić information content (AvgIpc) is 2.05. The van der Waals surface area contributed by atoms with Gasteiger partial charge in [-0.15, -0.1) is 0 Å². The third-order valence-electron chi connectivity index (χ3n) is 1.94. The fraction of sp³-hybridized carbons (Fsp3) is 0.700. The van der Waals surface area contributed by atoms with Crippen LogP contribution in [0.1, 0.15) is 33.1 Å². The van der Waals surface area contributed by atoms with Gasteiger partial charge in [0.15, 0.2) is 5.78 Å². The van der Waals surface area contributed by atoms with Crippen molar-refractivity contribution in [1.82, 2.24) is 5.32 Å². The Morgan fingerprint density at radius 3 is 2.92 bits per heavy atom. The summed E-state index contributed by atoms with van der Waals surface area (Å²) in [6.45, 7) is 5.10. The maximum absolute atomic E-state index is 11.5. The lowest BCUT2D eigenvalue weighted by Gasteiger charge is -2.15. The van der Waals surface area contributed by atoms with Gasteiger partial charge in [0, 0.05) is 13.0 Å². The van der Waals surface area contributed by atoms with E-state index in [9.17, 15) is 4.79 Å². The van der Waals surface area contributed by atoms with Crippen molar-refractivity contribution in [3.05, 3.63) is 11.8 Å². The fourth-order valence-corrected chi connectivity index (χ4v) is 1.34. The van der Waals surface area contributed by atoms with E-state index in [2.05, 4.69) is 19.2 Å². The summed E-state index contributed by atoms with van der Waals surface area (Å²) in [6, 6.07) is 0. The van der Waals surface area contributed by atoms with Crippen LogP contribution >= 0.6 is 0 Å². The highest BCUT2D eigenvalue weighted by molar-refractivity contribution is 5.94. The predicted octanol–water partition coefficient (Wildman–Crippen LogP) is 1.87. The third kappa shape index (κ3) is 2.68. The van der Waals surface area contributed by atoms with E-state index in [0.717, 1.165) is 25.1 Å². The Labute approximate surface area is 74.0 Å². The Morgan fingerprint density at radius 2 is 2.42 bits per heavy atom. The molecule has 0 aromatic heterocycles. The van der Waals surface area contributed by atoms with Gasteiger partial charge in [0.2, 0.25) is 0 Å². The molecule has 0 saturated heterocycles. The monoisotopic (exact) mass is 167 g/mol. The summed E-state index contributed by atoms with van der Waals surface area (Å²) in [5.74, 6) is 0.729. The number of hydrogen-bond acceptors (Lipinski definition) is 2. The van der Waals surface area contributed by atoms with Gasteiger partial charge in [-0.3, -0.25) is 4.79 Å². The number of allylic oxidation sites excluding steroid dienone is 2. The number of hydrogen-bond donors (Lipinski definition) is 1. The molecule has 0 amide bonds. The first kappa shape index (κ1) is 9.30. The van der Waals surface area contributed by atoms with Crippen molar-refractivity contribution in [2.75, 3.05) is 6.54 Å². The first-order valence-corrected chi connectivity index (χ1v) is 4.67. The highest BCUT2D eigenvalue weighted by Gasteiger charge is 2.12. The molecule has 0 radical (unpaired) electrons. The van der Waals surface area contributed by atoms with Crippen molar-refractivity contribution in [3.63, 3.8) is 0 Å². The molecule has 1 N–H and O–H groups in total. The molecule has 0 unspecified atom stereocenters. The Morgan fingerprint density at radius 1 is 1.67 bits per heavy atom. The summed E-state index contributed by atoms with van der Waals surface area (Å²) in [6.07, 6.45) is 4.89. The normalized spacial score (nSPS) is 17.1. The summed E-state index contributed by atoms with van der Waals surface area (Å²) in [7, 11) is 0. The van der Waals surface area contributed by atoms with Gasteiger partial charge in [0.25, 0.3) is 0 Å². The molecule has 1 rings (SSSR count). The fourth-order valence-electron chi connectivity index (χ4n) is 1.34. The molecule has 12 heavy (non-hydrogen) atoms. The van der Waals surface area contributed by atoms with Gasteiger partial charge in [0.05, 0.1) is 5.70 Å². The van der Waals surface area contributed by atoms with Crippen molar-refractivity contribution in [3.8, 4) is 0 Å². The summed E-state index contributed by atoms with van der Waals surface area (Å²) in [4.78, 5) is 11.5. The van der Waals surface area contributed by atoms with Crippen molar-refractivity contribution in [1.29, 1.82) is 0 Å². The number of carbonyl (C=O) groups is 1. The van der Waals surface area contributed by atoms with Crippen molar-refractivity contribution < 1.29 is 4.79 Å². The minimum absolute atomic E-state index is 0.268. The second kappa shape index (κ2) is 4.29. The van der Waals surface area contributed by atoms with Gasteiger partial charge in [-0.25, -0.2) is 0 Å². The summed E-state index contributed by atoms with van der Waals surface area (Å²) in [5.41, 5.74) is 0.843. The highest BCUT2D eigenvalue weighted by Crippen LogP contribution is 2.09. The summed E-state index contributed by atoms with van der Waals surface area (Å²) < 4.78 is 0. The molecule has 2 heteroatoms. The molecule has 0 atom stereocenters. The molecule has 0 aromatic carbocycles. The van der Waals surface area contributed by atoms with Crippen LogP contribution in [0.4, 0.5) is 0 Å². The SMILES string of the molecule is CC(C)CC(=O)C1=CCCCN1. The van der Waals surface area contributed by atoms with E-state index in [0.29, 0.717) is 12.3 Å². The standard InChI is InChI=1S/C10H17NO/c1-8(2)7-10(12)9-5-3-4-6-11-9/h5,8,11H,3-4,6-7H2,1-2H3. The van der Waals surface area contributed by atoms with Gasteiger partial charge in [-0.05, 0) is 18.8 Å². The molecule has 68 valence electrons. The second-order valence-corrected chi connectivity index (χ2v) is 3.71. The van der Waals surface area contributed by atoms with Crippen LogP contribution in [0.15, 0.2) is 11.8 Å². The zero-order chi connectivity index (χ0) is 8.97. The second-order valence-electron chi connectivity index (χ2n) is 3.71. The molecule has 0 spiro atoms. The first-order chi connectivity index (χ1) is 5.70. The number of rotatable bonds is 3. The molecule has 2 nitrogen and oxygen atoms in total. The minimum Gasteiger partial charge on any atom is -0.382 e. The Bertz CT molecular complexity index is 194. The smallest absolute Gasteiger partial charge is 0.178 e. The molecule has 0 aliphatic carbocycles. The van der Waals surface area contributed by atoms with E-state index in [-0.39, 0.29) is 5.78 Å². The number of Topliss-reactive ketones (excluding diaryl/α,β-unsaturated/α-hetero) is 1. The molecule has 0 bridgehead atoms. The van der Waals surface area contributed by atoms with Crippen LogP contribution in [0, 0.1) is 5.92 Å². The maximum Gasteiger partial charge on any atom is 0.178 e. The topological polar surface area (TPSA) is 29.1 Å². The van der Waals surface area contributed by atoms with Crippen LogP contribution in [0.5, 0.6) is 0 Å². The number of nitrogens with one attached hydrogen (secondary N) is 1. The predicted molar refractivity (Wildman–Crippen MR) is 49.8 cm³/mol. The summed E-state index contributed by atoms with van der Waals surface area (Å²) >= 11 is 0. The Kier molecular flexibility index (Phi) is 3.32. The Balaban J connectivity index is 2.45. The van der Waals surface area contributed by atoms with E-state index in [1.165, 1.54) is 0 Å². The van der Waals surface area contributed by atoms with Gasteiger partial charge in [0.1, 0.15) is 0 Å². The van der Waals surface area contributed by atoms with Crippen LogP contribution in [-0.4, -0.2) is 12.3 Å². The lowest BCUT2D eigenvalue weighted by Crippen LogP contribution is -2.25. The van der Waals surface area contributed by atoms with E-state index < -0.39 is 0 Å². The molecule has 0 fully saturated rings. The van der Waals surface area contributed by atoms with Crippen LogP contribution < -0.4 is 5.32 Å². The van der Waals surface area contributed by atoms with Crippen LogP contribution in [0.25, 0.3) is 0 Å². The molecule has 1 aliphatic rings. The quantitative estimate of drug-likeness (QED) is 0.695. The lowest BCUT2D eigenvalue weighted by atomic mass is 10.0. The van der Waals surface area contributed by atoms with Gasteiger partial charge < -0.3 is 5.32 Å². The van der Waals surface area contributed by atoms with E-state index in [4.69, 9.17) is 0 Å². The van der Waals surface area contributed by atoms with E-state index in [1.54, 1.807) is 0 Å². The molecule has 1 aliphatic heterocycles. The number of carbonyl (C=O) groups excluding carboxylic acids is 1. The largest absolute Gasteiger partial charge is 0.382 e. The molecular weight excluding hydrogens is 150 g/mol. The molecule has 0 aromatic rings. The van der Waals surface area contributed by atoms with Gasteiger partial charge >= 0.3 is 0 Å². The van der Waals surface area contributed by atoms with Gasteiger partial charge in [-0.2, -0.15) is 0 Å². The van der Waals surface area contributed by atoms with Crippen molar-refractivity contribution in [2.45, 2.75) is 33.1 Å². The summed E-state index contributed by atoms with van der Waals surface area (Å²) in [5, 5.41) is 3.14. The molecular formula is C10H17NO. The lowest BCUT2D eigenvalue weighted by molar-refractivity contribution is -0.116. The van der Waals surface area contributed by atoms with E-state index in [1.807, 2.05) is 6.08 Å². The Hall–Kier alpha value is -0.790. The van der Waals surface area contributed by atoms with Gasteiger partial charge in [-0.1, -0.05) is 19.9 Å². The first-order valence-electron chi connectivity index (χ1n) is 4.67. The molecule has 0 saturated carbocycles. The van der Waals surface area contributed by atoms with Crippen LogP contribution in [0.3, 0.4) is 0 Å². The maximum atomic E-state index is 11.5. The van der Waals surface area contributed by atoms with Crippen LogP contribution in [-0.2, 0) is 4.79 Å².